The first kappa shape index (κ1) is 21.8. The van der Waals surface area contributed by atoms with Crippen molar-refractivity contribution in [2.75, 3.05) is 10.8 Å². The van der Waals surface area contributed by atoms with Crippen LogP contribution >= 0.6 is 0 Å². The van der Waals surface area contributed by atoms with E-state index in [0.29, 0.717) is 5.69 Å². The van der Waals surface area contributed by atoms with Gasteiger partial charge in [-0.3, -0.25) is 4.31 Å². The first-order chi connectivity index (χ1) is 14.0. The summed E-state index contributed by atoms with van der Waals surface area (Å²) in [5.41, 5.74) is 0.701. The first-order valence-corrected chi connectivity index (χ1v) is 11.3. The monoisotopic (exact) mass is 429 g/mol. The van der Waals surface area contributed by atoms with Crippen LogP contribution in [0.15, 0.2) is 53.4 Å². The molecule has 3 aromatic carbocycles. The molecule has 0 heterocycles. The maximum absolute atomic E-state index is 13.6. The van der Waals surface area contributed by atoms with Gasteiger partial charge in [-0.15, -0.1) is 0 Å². The lowest BCUT2D eigenvalue weighted by molar-refractivity contribution is 0.356. The quantitative estimate of drug-likeness (QED) is 0.483. The number of phenols is 3. The van der Waals surface area contributed by atoms with E-state index in [1.807, 2.05) is 44.2 Å². The first-order valence-electron chi connectivity index (χ1n) is 9.83. The third-order valence-electron chi connectivity index (χ3n) is 4.98. The highest BCUT2D eigenvalue weighted by Gasteiger charge is 2.32. The highest BCUT2D eigenvalue weighted by molar-refractivity contribution is 7.93. The summed E-state index contributed by atoms with van der Waals surface area (Å²) in [4.78, 5) is -0.435. The van der Waals surface area contributed by atoms with Gasteiger partial charge < -0.3 is 15.3 Å². The molecule has 30 heavy (non-hydrogen) atoms. The van der Waals surface area contributed by atoms with Gasteiger partial charge in [0.15, 0.2) is 11.5 Å². The molecule has 0 fully saturated rings. The molecule has 0 saturated heterocycles. The molecule has 0 bridgehead atoms. The van der Waals surface area contributed by atoms with Gasteiger partial charge >= 0.3 is 0 Å². The maximum Gasteiger partial charge on any atom is 0.268 e. The van der Waals surface area contributed by atoms with Crippen molar-refractivity contribution in [3.8, 4) is 17.2 Å². The van der Waals surface area contributed by atoms with Gasteiger partial charge in [-0.2, -0.15) is 0 Å². The van der Waals surface area contributed by atoms with Gasteiger partial charge in [0.1, 0.15) is 4.90 Å². The van der Waals surface area contributed by atoms with Crippen molar-refractivity contribution in [1.29, 1.82) is 0 Å². The molecule has 0 aromatic heterocycles. The minimum Gasteiger partial charge on any atom is -0.504 e. The fraction of sp³-hybridized carbons (Fsp3) is 0.304. The van der Waals surface area contributed by atoms with Crippen LogP contribution in [0.1, 0.15) is 39.2 Å². The van der Waals surface area contributed by atoms with E-state index in [2.05, 4.69) is 0 Å². The van der Waals surface area contributed by atoms with Gasteiger partial charge in [0, 0.05) is 12.1 Å². The summed E-state index contributed by atoms with van der Waals surface area (Å²) in [6.07, 6.45) is 0. The molecule has 0 aliphatic rings. The number of hydrogen-bond acceptors (Lipinski definition) is 5. The summed E-state index contributed by atoms with van der Waals surface area (Å²) >= 11 is 0. The average Bonchev–Trinajstić information content (AvgIpc) is 2.69. The third kappa shape index (κ3) is 3.89. The van der Waals surface area contributed by atoms with Crippen LogP contribution in [0.5, 0.6) is 17.2 Å². The standard InChI is InChI=1S/C23H27NO5S/c1-14(2)13-24(18-10-9-16-7-5-6-8-17(16)11-18)30(28,29)20-12-19(15(3)4)21(25)23(27)22(20)26/h5-12,14-15,25-27H,13H2,1-4H3. The topological polar surface area (TPSA) is 98.1 Å². The molecule has 0 amide bonds. The minimum atomic E-state index is -4.23. The van der Waals surface area contributed by atoms with Crippen molar-refractivity contribution in [3.63, 3.8) is 0 Å². The second-order valence-electron chi connectivity index (χ2n) is 8.13. The van der Waals surface area contributed by atoms with Gasteiger partial charge in [-0.25, -0.2) is 8.42 Å². The SMILES string of the molecule is CC(C)CN(c1ccc2ccccc2c1)S(=O)(=O)c1cc(C(C)C)c(O)c(O)c1O. The Kier molecular flexibility index (Phi) is 5.85. The summed E-state index contributed by atoms with van der Waals surface area (Å²) in [6.45, 7) is 7.50. The number of benzene rings is 3. The van der Waals surface area contributed by atoms with Crippen molar-refractivity contribution < 1.29 is 23.7 Å². The molecule has 7 heteroatoms. The molecule has 0 aliphatic carbocycles. The summed E-state index contributed by atoms with van der Waals surface area (Å²) in [7, 11) is -4.23. The number of sulfonamides is 1. The zero-order valence-electron chi connectivity index (χ0n) is 17.5. The number of fused-ring (bicyclic) bond motifs is 1. The smallest absolute Gasteiger partial charge is 0.268 e. The van der Waals surface area contributed by atoms with Gasteiger partial charge in [-0.05, 0) is 40.8 Å². The highest BCUT2D eigenvalue weighted by Crippen LogP contribution is 2.46. The zero-order valence-corrected chi connectivity index (χ0v) is 18.3. The zero-order chi connectivity index (χ0) is 22.2. The molecule has 3 N–H and O–H groups in total. The molecular formula is C23H27NO5S. The van der Waals surface area contributed by atoms with Crippen LogP contribution in [0.4, 0.5) is 5.69 Å². The Hall–Kier alpha value is -2.93. The van der Waals surface area contributed by atoms with E-state index in [9.17, 15) is 23.7 Å². The van der Waals surface area contributed by atoms with Crippen LogP contribution in [0, 0.1) is 5.92 Å². The van der Waals surface area contributed by atoms with Crippen LogP contribution in [0.25, 0.3) is 10.8 Å². The normalized spacial score (nSPS) is 12.1. The van der Waals surface area contributed by atoms with E-state index in [0.717, 1.165) is 10.8 Å². The largest absolute Gasteiger partial charge is 0.504 e. The Balaban J connectivity index is 2.23. The molecule has 0 spiro atoms. The number of rotatable bonds is 6. The Morgan fingerprint density at radius 3 is 2.07 bits per heavy atom. The molecule has 6 nitrogen and oxygen atoms in total. The number of hydrogen-bond donors (Lipinski definition) is 3. The van der Waals surface area contributed by atoms with E-state index in [4.69, 9.17) is 0 Å². The van der Waals surface area contributed by atoms with Gasteiger partial charge in [0.25, 0.3) is 10.0 Å². The lowest BCUT2D eigenvalue weighted by atomic mass is 10.0. The highest BCUT2D eigenvalue weighted by atomic mass is 32.2. The molecule has 0 aliphatic heterocycles. The summed E-state index contributed by atoms with van der Waals surface area (Å²) < 4.78 is 28.5. The molecule has 3 aromatic rings. The van der Waals surface area contributed by atoms with Crippen molar-refractivity contribution in [3.05, 3.63) is 54.1 Å². The van der Waals surface area contributed by atoms with Crippen molar-refractivity contribution in [1.82, 2.24) is 0 Å². The van der Waals surface area contributed by atoms with E-state index < -0.39 is 32.2 Å². The van der Waals surface area contributed by atoms with Crippen LogP contribution in [-0.2, 0) is 10.0 Å². The second kappa shape index (κ2) is 8.07. The van der Waals surface area contributed by atoms with E-state index >= 15 is 0 Å². The van der Waals surface area contributed by atoms with Crippen molar-refractivity contribution in [2.45, 2.75) is 38.5 Å². The molecule has 0 unspecified atom stereocenters. The summed E-state index contributed by atoms with van der Waals surface area (Å²) in [5, 5.41) is 32.6. The second-order valence-corrected chi connectivity index (χ2v) is 9.96. The van der Waals surface area contributed by atoms with Crippen molar-refractivity contribution >= 4 is 26.5 Å². The lowest BCUT2D eigenvalue weighted by Crippen LogP contribution is -2.34. The number of anilines is 1. The molecule has 0 saturated carbocycles. The molecule has 0 atom stereocenters. The molecule has 0 radical (unpaired) electrons. The third-order valence-corrected chi connectivity index (χ3v) is 6.79. The fourth-order valence-corrected chi connectivity index (χ4v) is 5.14. The fourth-order valence-electron chi connectivity index (χ4n) is 3.40. The number of nitrogens with zero attached hydrogens (tertiary/aromatic N) is 1. The van der Waals surface area contributed by atoms with Crippen molar-refractivity contribution in [2.24, 2.45) is 5.92 Å². The number of aromatic hydroxyl groups is 3. The minimum absolute atomic E-state index is 0.00340. The van der Waals surface area contributed by atoms with Crippen LogP contribution < -0.4 is 4.31 Å². The van der Waals surface area contributed by atoms with E-state index in [1.165, 1.54) is 10.4 Å². The Morgan fingerprint density at radius 1 is 0.833 bits per heavy atom. The predicted octanol–water partition coefficient (Wildman–Crippen LogP) is 4.93. The number of phenolic OH excluding ortho intramolecular Hbond substituents is 3. The van der Waals surface area contributed by atoms with Gasteiger partial charge in [0.05, 0.1) is 5.69 Å². The van der Waals surface area contributed by atoms with Gasteiger partial charge in [0.2, 0.25) is 5.75 Å². The molecule has 160 valence electrons. The van der Waals surface area contributed by atoms with Crippen LogP contribution in [0.3, 0.4) is 0 Å². The summed E-state index contributed by atoms with van der Waals surface area (Å²) in [5.74, 6) is -2.45. The average molecular weight is 430 g/mol. The molecule has 3 rings (SSSR count). The van der Waals surface area contributed by atoms with Crippen LogP contribution in [0.2, 0.25) is 0 Å². The molecular weight excluding hydrogens is 402 g/mol. The predicted molar refractivity (Wildman–Crippen MR) is 119 cm³/mol. The van der Waals surface area contributed by atoms with Crippen LogP contribution in [-0.4, -0.2) is 30.3 Å². The Bertz CT molecular complexity index is 1190. The Morgan fingerprint density at radius 2 is 1.47 bits per heavy atom. The maximum atomic E-state index is 13.6. The Labute approximate surface area is 177 Å². The van der Waals surface area contributed by atoms with Gasteiger partial charge in [-0.1, -0.05) is 58.0 Å². The van der Waals surface area contributed by atoms with E-state index in [1.54, 1.807) is 26.0 Å². The lowest BCUT2D eigenvalue weighted by Gasteiger charge is -2.27. The summed E-state index contributed by atoms with van der Waals surface area (Å²) in [6, 6.07) is 14.2. The van der Waals surface area contributed by atoms with E-state index in [-0.39, 0.29) is 23.9 Å².